The average Bonchev–Trinajstić information content (AvgIpc) is 2.19. The van der Waals surface area contributed by atoms with Gasteiger partial charge in [0.1, 0.15) is 6.29 Å². The van der Waals surface area contributed by atoms with Crippen molar-refractivity contribution in [3.05, 3.63) is 28.5 Å². The summed E-state index contributed by atoms with van der Waals surface area (Å²) in [6, 6.07) is 2.70. The van der Waals surface area contributed by atoms with E-state index in [1.54, 1.807) is 0 Å². The molecule has 2 nitrogen and oxygen atoms in total. The monoisotopic (exact) mass is 216 g/mol. The van der Waals surface area contributed by atoms with Gasteiger partial charge in [-0.15, -0.1) is 0 Å². The lowest BCUT2D eigenvalue weighted by atomic mass is 10.1. The zero-order valence-corrected chi connectivity index (χ0v) is 8.47. The summed E-state index contributed by atoms with van der Waals surface area (Å²) in [6.45, 7) is 0. The molecule has 14 heavy (non-hydrogen) atoms. The van der Waals surface area contributed by atoms with Gasteiger partial charge in [-0.3, -0.25) is 0 Å². The zero-order valence-electron chi connectivity index (χ0n) is 7.72. The van der Waals surface area contributed by atoms with Crippen molar-refractivity contribution in [2.75, 3.05) is 7.11 Å². The summed E-state index contributed by atoms with van der Waals surface area (Å²) in [6.07, 6.45) is 1.46. The SMILES string of the molecule is COc1c(F)ccc(Cl)c1CCC=O. The first kappa shape index (κ1) is 11.0. The standard InChI is InChI=1S/C10H10ClFO2/c1-14-10-7(3-2-6-13)8(11)4-5-9(10)12/h4-6H,2-3H2,1H3. The Morgan fingerprint density at radius 2 is 2.29 bits per heavy atom. The van der Waals surface area contributed by atoms with Crippen molar-refractivity contribution in [3.8, 4) is 5.75 Å². The van der Waals surface area contributed by atoms with Crippen LogP contribution in [0.15, 0.2) is 12.1 Å². The molecule has 0 heterocycles. The van der Waals surface area contributed by atoms with E-state index in [-0.39, 0.29) is 5.75 Å². The molecule has 0 N–H and O–H groups in total. The van der Waals surface area contributed by atoms with Gasteiger partial charge in [0.15, 0.2) is 11.6 Å². The van der Waals surface area contributed by atoms with E-state index >= 15 is 0 Å². The molecule has 0 fully saturated rings. The molecule has 0 aromatic heterocycles. The fourth-order valence-corrected chi connectivity index (χ4v) is 1.48. The molecule has 0 amide bonds. The van der Waals surface area contributed by atoms with Crippen LogP contribution >= 0.6 is 11.6 Å². The van der Waals surface area contributed by atoms with Gasteiger partial charge in [0, 0.05) is 17.0 Å². The van der Waals surface area contributed by atoms with Crippen molar-refractivity contribution in [1.82, 2.24) is 0 Å². The molecule has 0 aliphatic heterocycles. The van der Waals surface area contributed by atoms with Gasteiger partial charge in [-0.1, -0.05) is 11.6 Å². The lowest BCUT2D eigenvalue weighted by molar-refractivity contribution is -0.107. The third-order valence-corrected chi connectivity index (χ3v) is 2.23. The molecule has 1 rings (SSSR count). The van der Waals surface area contributed by atoms with Gasteiger partial charge in [-0.05, 0) is 18.6 Å². The van der Waals surface area contributed by atoms with Gasteiger partial charge in [-0.25, -0.2) is 4.39 Å². The minimum Gasteiger partial charge on any atom is -0.493 e. The molecular formula is C10H10ClFO2. The van der Waals surface area contributed by atoms with Gasteiger partial charge in [0.2, 0.25) is 0 Å². The van der Waals surface area contributed by atoms with E-state index < -0.39 is 5.82 Å². The van der Waals surface area contributed by atoms with Crippen LogP contribution in [0.4, 0.5) is 4.39 Å². The normalized spacial score (nSPS) is 9.93. The predicted octanol–water partition coefficient (Wildman–Crippen LogP) is 2.62. The minimum absolute atomic E-state index is 0.124. The van der Waals surface area contributed by atoms with Gasteiger partial charge in [0.25, 0.3) is 0 Å². The molecule has 76 valence electrons. The second-order valence-electron chi connectivity index (χ2n) is 2.75. The maximum Gasteiger partial charge on any atom is 0.165 e. The molecule has 0 unspecified atom stereocenters. The highest BCUT2D eigenvalue weighted by Gasteiger charge is 2.12. The fourth-order valence-electron chi connectivity index (χ4n) is 1.23. The molecule has 0 saturated heterocycles. The van der Waals surface area contributed by atoms with Crippen LogP contribution in [0.3, 0.4) is 0 Å². The van der Waals surface area contributed by atoms with Crippen LogP contribution in [0.2, 0.25) is 5.02 Å². The van der Waals surface area contributed by atoms with E-state index in [1.807, 2.05) is 0 Å². The summed E-state index contributed by atoms with van der Waals surface area (Å²) in [5.41, 5.74) is 0.543. The van der Waals surface area contributed by atoms with E-state index in [0.29, 0.717) is 23.4 Å². The van der Waals surface area contributed by atoms with E-state index in [9.17, 15) is 9.18 Å². The molecular weight excluding hydrogens is 207 g/mol. The van der Waals surface area contributed by atoms with Gasteiger partial charge < -0.3 is 9.53 Å². The fraction of sp³-hybridized carbons (Fsp3) is 0.300. The Hall–Kier alpha value is -1.09. The summed E-state index contributed by atoms with van der Waals surface area (Å²) in [5.74, 6) is -0.336. The maximum absolute atomic E-state index is 13.2. The molecule has 0 aliphatic carbocycles. The number of methoxy groups -OCH3 is 1. The zero-order chi connectivity index (χ0) is 10.6. The number of hydrogen-bond donors (Lipinski definition) is 0. The van der Waals surface area contributed by atoms with Crippen molar-refractivity contribution >= 4 is 17.9 Å². The second-order valence-corrected chi connectivity index (χ2v) is 3.15. The first-order valence-electron chi connectivity index (χ1n) is 4.15. The molecule has 0 bridgehead atoms. The first-order chi connectivity index (χ1) is 6.70. The van der Waals surface area contributed by atoms with Crippen molar-refractivity contribution in [3.63, 3.8) is 0 Å². The Labute approximate surface area is 86.6 Å². The average molecular weight is 217 g/mol. The minimum atomic E-state index is -0.460. The summed E-state index contributed by atoms with van der Waals surface area (Å²) in [5, 5.41) is 0.421. The van der Waals surface area contributed by atoms with Crippen molar-refractivity contribution < 1.29 is 13.9 Å². The van der Waals surface area contributed by atoms with Crippen LogP contribution < -0.4 is 4.74 Å². The van der Waals surface area contributed by atoms with Crippen molar-refractivity contribution in [1.29, 1.82) is 0 Å². The lowest BCUT2D eigenvalue weighted by Crippen LogP contribution is -1.97. The summed E-state index contributed by atoms with van der Waals surface area (Å²) in [4.78, 5) is 10.2. The van der Waals surface area contributed by atoms with Crippen LogP contribution in [-0.2, 0) is 11.2 Å². The highest BCUT2D eigenvalue weighted by atomic mass is 35.5. The largest absolute Gasteiger partial charge is 0.493 e. The highest BCUT2D eigenvalue weighted by molar-refractivity contribution is 6.31. The van der Waals surface area contributed by atoms with E-state index in [2.05, 4.69) is 0 Å². The van der Waals surface area contributed by atoms with Gasteiger partial charge in [-0.2, -0.15) is 0 Å². The van der Waals surface area contributed by atoms with E-state index in [1.165, 1.54) is 19.2 Å². The predicted molar refractivity (Wildman–Crippen MR) is 52.3 cm³/mol. The molecule has 4 heteroatoms. The highest BCUT2D eigenvalue weighted by Crippen LogP contribution is 2.30. The number of ether oxygens (including phenoxy) is 1. The van der Waals surface area contributed by atoms with Crippen LogP contribution in [0.25, 0.3) is 0 Å². The maximum atomic E-state index is 13.2. The number of carbonyl (C=O) groups excluding carboxylic acids is 1. The number of aldehydes is 1. The Morgan fingerprint density at radius 3 is 2.86 bits per heavy atom. The van der Waals surface area contributed by atoms with Crippen molar-refractivity contribution in [2.45, 2.75) is 12.8 Å². The smallest absolute Gasteiger partial charge is 0.165 e. The molecule has 0 aliphatic rings. The molecule has 0 saturated carbocycles. The van der Waals surface area contributed by atoms with E-state index in [0.717, 1.165) is 6.29 Å². The first-order valence-corrected chi connectivity index (χ1v) is 4.53. The quantitative estimate of drug-likeness (QED) is 0.724. The Bertz CT molecular complexity index is 339. The number of rotatable bonds is 4. The van der Waals surface area contributed by atoms with Gasteiger partial charge in [0.05, 0.1) is 7.11 Å². The second kappa shape index (κ2) is 4.96. The molecule has 1 aromatic carbocycles. The number of benzene rings is 1. The van der Waals surface area contributed by atoms with Crippen LogP contribution in [0.1, 0.15) is 12.0 Å². The topological polar surface area (TPSA) is 26.3 Å². The number of halogens is 2. The summed E-state index contributed by atoms with van der Waals surface area (Å²) >= 11 is 5.85. The molecule has 1 aromatic rings. The Kier molecular flexibility index (Phi) is 3.89. The molecule has 0 radical (unpaired) electrons. The lowest BCUT2D eigenvalue weighted by Gasteiger charge is -2.09. The number of hydrogen-bond acceptors (Lipinski definition) is 2. The Balaban J connectivity index is 3.08. The van der Waals surface area contributed by atoms with Gasteiger partial charge >= 0.3 is 0 Å². The summed E-state index contributed by atoms with van der Waals surface area (Å²) < 4.78 is 18.1. The third kappa shape index (κ3) is 2.23. The number of carbonyl (C=O) groups is 1. The molecule has 0 atom stereocenters. The van der Waals surface area contributed by atoms with Crippen LogP contribution in [0, 0.1) is 5.82 Å². The third-order valence-electron chi connectivity index (χ3n) is 1.87. The Morgan fingerprint density at radius 1 is 1.57 bits per heavy atom. The van der Waals surface area contributed by atoms with Crippen LogP contribution in [-0.4, -0.2) is 13.4 Å². The summed E-state index contributed by atoms with van der Waals surface area (Å²) in [7, 11) is 1.37. The van der Waals surface area contributed by atoms with Crippen molar-refractivity contribution in [2.24, 2.45) is 0 Å². The molecule has 0 spiro atoms. The van der Waals surface area contributed by atoms with Crippen LogP contribution in [0.5, 0.6) is 5.75 Å². The van der Waals surface area contributed by atoms with E-state index in [4.69, 9.17) is 16.3 Å².